The van der Waals surface area contributed by atoms with Crippen molar-refractivity contribution in [2.45, 2.75) is 6.92 Å². The van der Waals surface area contributed by atoms with Crippen LogP contribution in [0.25, 0.3) is 0 Å². The molecule has 0 fully saturated rings. The molecule has 0 aliphatic rings. The van der Waals surface area contributed by atoms with Crippen LogP contribution in [0.15, 0.2) is 28.9 Å². The quantitative estimate of drug-likeness (QED) is 0.452. The number of hydrogen-bond donors (Lipinski definition) is 0. The van der Waals surface area contributed by atoms with Crippen LogP contribution in [0.1, 0.15) is 5.69 Å². The molecule has 0 saturated carbocycles. The van der Waals surface area contributed by atoms with Crippen molar-refractivity contribution in [2.24, 2.45) is 0 Å². The van der Waals surface area contributed by atoms with Gasteiger partial charge in [0.25, 0.3) is 0 Å². The third kappa shape index (κ3) is 3.28. The number of nitro benzene ring substituents is 1. The summed E-state index contributed by atoms with van der Waals surface area (Å²) < 4.78 is 16.3. The second kappa shape index (κ2) is 6.61. The number of rotatable bonds is 5. The van der Waals surface area contributed by atoms with Crippen molar-refractivity contribution in [3.8, 4) is 23.0 Å². The molecule has 1 heterocycles. The molecule has 0 bridgehead atoms. The van der Waals surface area contributed by atoms with E-state index >= 15 is 0 Å². The van der Waals surface area contributed by atoms with E-state index in [1.165, 1.54) is 26.4 Å². The first-order chi connectivity index (χ1) is 10.5. The van der Waals surface area contributed by atoms with E-state index in [9.17, 15) is 10.1 Å². The van der Waals surface area contributed by atoms with Gasteiger partial charge in [-0.15, -0.1) is 0 Å². The van der Waals surface area contributed by atoms with Crippen molar-refractivity contribution in [3.63, 3.8) is 0 Å². The fourth-order valence-electron chi connectivity index (χ4n) is 1.78. The zero-order valence-corrected chi connectivity index (χ0v) is 13.7. The van der Waals surface area contributed by atoms with Crippen LogP contribution < -0.4 is 14.2 Å². The van der Waals surface area contributed by atoms with Crippen LogP contribution in [-0.2, 0) is 0 Å². The van der Waals surface area contributed by atoms with Crippen molar-refractivity contribution in [1.29, 1.82) is 0 Å². The zero-order valence-electron chi connectivity index (χ0n) is 12.1. The largest absolute Gasteiger partial charge is 0.493 e. The second-order valence-electron chi connectivity index (χ2n) is 4.28. The third-order valence-corrected chi connectivity index (χ3v) is 3.40. The highest BCUT2D eigenvalue weighted by Gasteiger charge is 2.22. The summed E-state index contributed by atoms with van der Waals surface area (Å²) in [5, 5.41) is 11.2. The molecule has 2 rings (SSSR count). The molecule has 8 heteroatoms. The van der Waals surface area contributed by atoms with Gasteiger partial charge in [-0.2, -0.15) is 0 Å². The van der Waals surface area contributed by atoms with Crippen molar-refractivity contribution < 1.29 is 19.1 Å². The Hall–Kier alpha value is -2.35. The molecule has 0 atom stereocenters. The average Bonchev–Trinajstić information content (AvgIpc) is 2.49. The maximum atomic E-state index is 11.2. The monoisotopic (exact) mass is 368 g/mol. The van der Waals surface area contributed by atoms with E-state index in [1.807, 2.05) is 6.92 Å². The van der Waals surface area contributed by atoms with Gasteiger partial charge >= 0.3 is 5.69 Å². The van der Waals surface area contributed by atoms with E-state index in [1.54, 1.807) is 12.1 Å². The van der Waals surface area contributed by atoms with Crippen LogP contribution >= 0.6 is 15.9 Å². The molecule has 22 heavy (non-hydrogen) atoms. The van der Waals surface area contributed by atoms with Crippen molar-refractivity contribution in [3.05, 3.63) is 44.7 Å². The first kappa shape index (κ1) is 16.0. The summed E-state index contributed by atoms with van der Waals surface area (Å²) in [5.41, 5.74) is 0.561. The minimum absolute atomic E-state index is 0.0361. The lowest BCUT2D eigenvalue weighted by molar-refractivity contribution is -0.385. The molecule has 116 valence electrons. The van der Waals surface area contributed by atoms with Gasteiger partial charge in [0.2, 0.25) is 5.75 Å². The van der Waals surface area contributed by atoms with Crippen LogP contribution in [-0.4, -0.2) is 24.1 Å². The molecule has 0 aliphatic heterocycles. The number of aryl methyl sites for hydroxylation is 1. The molecule has 7 nitrogen and oxygen atoms in total. The summed E-state index contributed by atoms with van der Waals surface area (Å²) in [6.45, 7) is 1.83. The molecular weight excluding hydrogens is 356 g/mol. The fraction of sp³-hybridized carbons (Fsp3) is 0.214. The molecule has 0 spiro atoms. The Labute approximate surface area is 135 Å². The van der Waals surface area contributed by atoms with Gasteiger partial charge in [0.05, 0.1) is 25.2 Å². The Bertz CT molecular complexity index is 721. The first-order valence-corrected chi connectivity index (χ1v) is 6.97. The fourth-order valence-corrected chi connectivity index (χ4v) is 2.27. The average molecular weight is 369 g/mol. The number of aromatic nitrogens is 1. The molecule has 2 aromatic rings. The number of benzene rings is 1. The smallest absolute Gasteiger partial charge is 0.315 e. The van der Waals surface area contributed by atoms with Gasteiger partial charge in [-0.05, 0) is 35.0 Å². The predicted molar refractivity (Wildman–Crippen MR) is 82.9 cm³/mol. The minimum Gasteiger partial charge on any atom is -0.493 e. The summed E-state index contributed by atoms with van der Waals surface area (Å²) in [6.07, 6.45) is 0. The number of halogens is 1. The standard InChI is InChI=1S/C14H13BrN2O5/c1-8-4-5-10(14(15)16-8)22-11-7-13(21-3)12(20-2)6-9(11)17(18)19/h4-7H,1-3H3. The highest BCUT2D eigenvalue weighted by Crippen LogP contribution is 2.41. The van der Waals surface area contributed by atoms with Crippen molar-refractivity contribution >= 4 is 21.6 Å². The second-order valence-corrected chi connectivity index (χ2v) is 5.03. The van der Waals surface area contributed by atoms with Gasteiger partial charge in [-0.1, -0.05) is 0 Å². The van der Waals surface area contributed by atoms with E-state index in [0.717, 1.165) is 5.69 Å². The molecule has 0 amide bonds. The normalized spacial score (nSPS) is 10.2. The van der Waals surface area contributed by atoms with Gasteiger partial charge in [0.1, 0.15) is 4.60 Å². The SMILES string of the molecule is COc1cc(Oc2ccc(C)nc2Br)c([N+](=O)[O-])cc1OC. The summed E-state index contributed by atoms with van der Waals surface area (Å²) >= 11 is 3.27. The zero-order chi connectivity index (χ0) is 16.3. The molecule has 1 aromatic carbocycles. The Morgan fingerprint density at radius 3 is 2.27 bits per heavy atom. The summed E-state index contributed by atoms with van der Waals surface area (Å²) in [7, 11) is 2.85. The predicted octanol–water partition coefficient (Wildman–Crippen LogP) is 3.87. The maximum absolute atomic E-state index is 11.2. The number of hydrogen-bond acceptors (Lipinski definition) is 6. The molecule has 0 aliphatic carbocycles. The van der Waals surface area contributed by atoms with Crippen LogP contribution in [0.3, 0.4) is 0 Å². The van der Waals surface area contributed by atoms with Crippen LogP contribution in [0.2, 0.25) is 0 Å². The Balaban J connectivity index is 2.50. The van der Waals surface area contributed by atoms with Gasteiger partial charge in [0.15, 0.2) is 17.2 Å². The highest BCUT2D eigenvalue weighted by molar-refractivity contribution is 9.10. The van der Waals surface area contributed by atoms with Crippen LogP contribution in [0.4, 0.5) is 5.69 Å². The summed E-state index contributed by atoms with van der Waals surface area (Å²) in [6, 6.07) is 6.08. The van der Waals surface area contributed by atoms with Crippen LogP contribution in [0.5, 0.6) is 23.0 Å². The van der Waals surface area contributed by atoms with Gasteiger partial charge in [0, 0.05) is 11.8 Å². The summed E-state index contributed by atoms with van der Waals surface area (Å²) in [4.78, 5) is 14.9. The van der Waals surface area contributed by atoms with E-state index < -0.39 is 4.92 Å². The molecular formula is C14H13BrN2O5. The first-order valence-electron chi connectivity index (χ1n) is 6.17. The Kier molecular flexibility index (Phi) is 4.81. The van der Waals surface area contributed by atoms with Crippen molar-refractivity contribution in [2.75, 3.05) is 14.2 Å². The number of methoxy groups -OCH3 is 2. The van der Waals surface area contributed by atoms with Gasteiger partial charge < -0.3 is 14.2 Å². The van der Waals surface area contributed by atoms with E-state index in [2.05, 4.69) is 20.9 Å². The number of nitrogens with zero attached hydrogens (tertiary/aromatic N) is 2. The molecule has 0 saturated heterocycles. The van der Waals surface area contributed by atoms with Gasteiger partial charge in [-0.25, -0.2) is 4.98 Å². The lowest BCUT2D eigenvalue weighted by Gasteiger charge is -2.12. The lowest BCUT2D eigenvalue weighted by atomic mass is 10.2. The maximum Gasteiger partial charge on any atom is 0.315 e. The van der Waals surface area contributed by atoms with Crippen LogP contribution in [0, 0.1) is 17.0 Å². The number of nitro groups is 1. The van der Waals surface area contributed by atoms with Crippen molar-refractivity contribution in [1.82, 2.24) is 4.98 Å². The number of pyridine rings is 1. The number of ether oxygens (including phenoxy) is 3. The molecule has 1 aromatic heterocycles. The van der Waals surface area contributed by atoms with Gasteiger partial charge in [-0.3, -0.25) is 10.1 Å². The topological polar surface area (TPSA) is 83.7 Å². The Morgan fingerprint density at radius 2 is 1.73 bits per heavy atom. The van der Waals surface area contributed by atoms with E-state index in [4.69, 9.17) is 14.2 Å². The van der Waals surface area contributed by atoms with E-state index in [0.29, 0.717) is 16.1 Å². The Morgan fingerprint density at radius 1 is 1.09 bits per heavy atom. The van der Waals surface area contributed by atoms with E-state index in [-0.39, 0.29) is 17.2 Å². The molecule has 0 N–H and O–H groups in total. The third-order valence-electron chi connectivity index (χ3n) is 2.84. The molecule has 0 unspecified atom stereocenters. The highest BCUT2D eigenvalue weighted by atomic mass is 79.9. The summed E-state index contributed by atoms with van der Waals surface area (Å²) in [5.74, 6) is 0.983. The minimum atomic E-state index is -0.549. The lowest BCUT2D eigenvalue weighted by Crippen LogP contribution is -1.98. The molecule has 0 radical (unpaired) electrons.